The molecule has 1 aromatic carbocycles. The normalized spacial score (nSPS) is 15.8. The molecule has 0 saturated carbocycles. The minimum Gasteiger partial charge on any atom is -0.379 e. The summed E-state index contributed by atoms with van der Waals surface area (Å²) in [4.78, 5) is 15.3. The van der Waals surface area contributed by atoms with E-state index in [0.29, 0.717) is 0 Å². The zero-order valence-electron chi connectivity index (χ0n) is 20.6. The molecular weight excluding hydrogens is 426 g/mol. The Morgan fingerprint density at radius 1 is 1.15 bits per heavy atom. The van der Waals surface area contributed by atoms with Crippen LogP contribution in [0.4, 0.5) is 0 Å². The van der Waals surface area contributed by atoms with Crippen molar-refractivity contribution in [3.63, 3.8) is 0 Å². The number of aromatic nitrogens is 3. The zero-order valence-corrected chi connectivity index (χ0v) is 20.6. The molecule has 3 aromatic rings. The van der Waals surface area contributed by atoms with E-state index in [1.54, 1.807) is 6.08 Å². The largest absolute Gasteiger partial charge is 0.379 e. The molecule has 1 aliphatic heterocycles. The van der Waals surface area contributed by atoms with Gasteiger partial charge in [0.1, 0.15) is 5.82 Å². The first kappa shape index (κ1) is 24.0. The van der Waals surface area contributed by atoms with Crippen molar-refractivity contribution in [2.45, 2.75) is 39.8 Å². The lowest BCUT2D eigenvalue weighted by Crippen LogP contribution is -2.42. The Morgan fingerprint density at radius 3 is 2.59 bits per heavy atom. The van der Waals surface area contributed by atoms with Gasteiger partial charge >= 0.3 is 0 Å². The number of hydrogen-bond donors (Lipinski definition) is 1. The molecule has 3 heterocycles. The van der Waals surface area contributed by atoms with Crippen molar-refractivity contribution in [1.82, 2.24) is 24.6 Å². The smallest absolute Gasteiger partial charge is 0.244 e. The molecule has 7 heteroatoms. The molecule has 1 unspecified atom stereocenters. The molecule has 4 rings (SSSR count). The first-order chi connectivity index (χ1) is 16.4. The topological polar surface area (TPSA) is 64.3 Å². The van der Waals surface area contributed by atoms with Gasteiger partial charge in [-0.1, -0.05) is 30.3 Å². The van der Waals surface area contributed by atoms with Crippen LogP contribution in [0, 0.1) is 13.8 Å². The highest BCUT2D eigenvalue weighted by molar-refractivity contribution is 5.92. The van der Waals surface area contributed by atoms with Gasteiger partial charge in [-0.2, -0.15) is 5.10 Å². The average Bonchev–Trinajstić information content (AvgIpc) is 3.42. The van der Waals surface area contributed by atoms with Gasteiger partial charge in [-0.15, -0.1) is 0 Å². The number of amides is 1. The molecule has 1 saturated heterocycles. The summed E-state index contributed by atoms with van der Waals surface area (Å²) in [5.74, 6) is 0.933. The van der Waals surface area contributed by atoms with Crippen LogP contribution in [0.15, 0.2) is 54.7 Å². The van der Waals surface area contributed by atoms with Crippen molar-refractivity contribution in [2.24, 2.45) is 0 Å². The molecule has 1 N–H and O–H groups in total. The van der Waals surface area contributed by atoms with Crippen LogP contribution in [0.3, 0.4) is 0 Å². The number of nitrogens with one attached hydrogen (secondary N) is 1. The van der Waals surface area contributed by atoms with Crippen LogP contribution in [0.25, 0.3) is 11.9 Å². The summed E-state index contributed by atoms with van der Waals surface area (Å²) in [5.41, 5.74) is 4.32. The van der Waals surface area contributed by atoms with Gasteiger partial charge in [0, 0.05) is 49.2 Å². The fraction of sp³-hybridized carbons (Fsp3) is 0.407. The lowest BCUT2D eigenvalue weighted by Gasteiger charge is -2.31. The maximum Gasteiger partial charge on any atom is 0.244 e. The second kappa shape index (κ2) is 10.8. The first-order valence-electron chi connectivity index (χ1n) is 12.0. The van der Waals surface area contributed by atoms with Crippen molar-refractivity contribution in [2.75, 3.05) is 32.8 Å². The first-order valence-corrected chi connectivity index (χ1v) is 12.0. The van der Waals surface area contributed by atoms with Crippen LogP contribution < -0.4 is 5.32 Å². The third-order valence-electron chi connectivity index (χ3n) is 6.32. The standard InChI is InChI=1S/C27H35N5O2/c1-20(2)32-27(12-13-28-32)31-21(3)18-24(22(31)4)10-11-26(33)29-25(23-8-6-5-7-9-23)19-30-14-16-34-17-15-30/h5-13,18,20,25H,14-17,19H2,1-4H3,(H,29,33)/b11-10+. The molecule has 0 bridgehead atoms. The van der Waals surface area contributed by atoms with E-state index in [0.717, 1.165) is 61.2 Å². The monoisotopic (exact) mass is 461 g/mol. The van der Waals surface area contributed by atoms with E-state index in [9.17, 15) is 4.79 Å². The summed E-state index contributed by atoms with van der Waals surface area (Å²) in [7, 11) is 0. The number of benzene rings is 1. The molecule has 34 heavy (non-hydrogen) atoms. The average molecular weight is 462 g/mol. The van der Waals surface area contributed by atoms with Crippen molar-refractivity contribution in [3.05, 3.63) is 77.3 Å². The number of rotatable bonds is 8. The fourth-order valence-corrected chi connectivity index (χ4v) is 4.54. The van der Waals surface area contributed by atoms with Crippen molar-refractivity contribution in [1.29, 1.82) is 0 Å². The third kappa shape index (κ3) is 5.48. The van der Waals surface area contributed by atoms with Gasteiger partial charge in [0.15, 0.2) is 0 Å². The SMILES string of the molecule is Cc1cc(/C=C/C(=O)NC(CN2CCOCC2)c2ccccc2)c(C)n1-c1ccnn1C(C)C. The Morgan fingerprint density at radius 2 is 1.88 bits per heavy atom. The molecule has 0 spiro atoms. The minimum absolute atomic E-state index is 0.0794. The van der Waals surface area contributed by atoms with Gasteiger partial charge in [0.2, 0.25) is 5.91 Å². The van der Waals surface area contributed by atoms with E-state index < -0.39 is 0 Å². The predicted octanol–water partition coefficient (Wildman–Crippen LogP) is 4.07. The summed E-state index contributed by atoms with van der Waals surface area (Å²) < 4.78 is 9.68. The molecule has 0 aliphatic carbocycles. The number of morpholine rings is 1. The predicted molar refractivity (Wildman–Crippen MR) is 135 cm³/mol. The van der Waals surface area contributed by atoms with E-state index in [1.165, 1.54) is 0 Å². The Balaban J connectivity index is 1.50. The molecule has 1 atom stereocenters. The number of ether oxygens (including phenoxy) is 1. The molecule has 1 aliphatic rings. The summed E-state index contributed by atoms with van der Waals surface area (Å²) in [6, 6.07) is 14.5. The number of hydrogen-bond acceptors (Lipinski definition) is 4. The maximum atomic E-state index is 13.0. The minimum atomic E-state index is -0.0980. The number of carbonyl (C=O) groups excluding carboxylic acids is 1. The quantitative estimate of drug-likeness (QED) is 0.514. The molecular formula is C27H35N5O2. The highest BCUT2D eigenvalue weighted by atomic mass is 16.5. The molecule has 180 valence electrons. The summed E-state index contributed by atoms with van der Waals surface area (Å²) in [6.45, 7) is 12.4. The summed E-state index contributed by atoms with van der Waals surface area (Å²) in [6.07, 6.45) is 5.37. The van der Waals surface area contributed by atoms with Crippen molar-refractivity contribution in [3.8, 4) is 5.82 Å². The molecule has 1 amide bonds. The van der Waals surface area contributed by atoms with E-state index in [1.807, 2.05) is 41.2 Å². The number of aryl methyl sites for hydroxylation is 1. The highest BCUT2D eigenvalue weighted by Crippen LogP contribution is 2.23. The van der Waals surface area contributed by atoms with Crippen LogP contribution in [0.1, 0.15) is 48.4 Å². The second-order valence-corrected chi connectivity index (χ2v) is 9.11. The highest BCUT2D eigenvalue weighted by Gasteiger charge is 2.20. The number of carbonyl (C=O) groups is 1. The fourth-order valence-electron chi connectivity index (χ4n) is 4.54. The van der Waals surface area contributed by atoms with Gasteiger partial charge in [0.05, 0.1) is 25.5 Å². The van der Waals surface area contributed by atoms with E-state index in [2.05, 4.69) is 65.8 Å². The van der Waals surface area contributed by atoms with Gasteiger partial charge in [0.25, 0.3) is 0 Å². The molecule has 1 fully saturated rings. The van der Waals surface area contributed by atoms with E-state index in [4.69, 9.17) is 4.74 Å². The molecule has 7 nitrogen and oxygen atoms in total. The molecule has 0 radical (unpaired) electrons. The van der Waals surface area contributed by atoms with Crippen LogP contribution >= 0.6 is 0 Å². The Labute approximate surface area is 202 Å². The Bertz CT molecular complexity index is 1120. The lowest BCUT2D eigenvalue weighted by atomic mass is 10.1. The van der Waals surface area contributed by atoms with Gasteiger partial charge in [-0.25, -0.2) is 4.68 Å². The van der Waals surface area contributed by atoms with Crippen molar-refractivity contribution >= 4 is 12.0 Å². The third-order valence-corrected chi connectivity index (χ3v) is 6.32. The zero-order chi connectivity index (χ0) is 24.1. The summed E-state index contributed by atoms with van der Waals surface area (Å²) >= 11 is 0. The number of nitrogens with zero attached hydrogens (tertiary/aromatic N) is 4. The van der Waals surface area contributed by atoms with E-state index in [-0.39, 0.29) is 18.0 Å². The molecule has 2 aromatic heterocycles. The van der Waals surface area contributed by atoms with Crippen LogP contribution in [0.5, 0.6) is 0 Å². The van der Waals surface area contributed by atoms with Crippen molar-refractivity contribution < 1.29 is 9.53 Å². The van der Waals surface area contributed by atoms with Crippen LogP contribution in [-0.2, 0) is 9.53 Å². The second-order valence-electron chi connectivity index (χ2n) is 9.11. The Hall–Kier alpha value is -3.16. The summed E-state index contributed by atoms with van der Waals surface area (Å²) in [5, 5.41) is 7.68. The van der Waals surface area contributed by atoms with Gasteiger partial charge in [-0.3, -0.25) is 9.69 Å². The van der Waals surface area contributed by atoms with Crippen LogP contribution in [0.2, 0.25) is 0 Å². The van der Waals surface area contributed by atoms with E-state index >= 15 is 0 Å². The Kier molecular flexibility index (Phi) is 7.65. The van der Waals surface area contributed by atoms with Gasteiger partial charge < -0.3 is 14.6 Å². The van der Waals surface area contributed by atoms with Crippen LogP contribution in [-0.4, -0.2) is 58.0 Å². The lowest BCUT2D eigenvalue weighted by molar-refractivity contribution is -0.117. The maximum absolute atomic E-state index is 13.0. The van der Waals surface area contributed by atoms with Gasteiger partial charge in [-0.05, 0) is 51.0 Å².